The zero-order valence-corrected chi connectivity index (χ0v) is 7.33. The van der Waals surface area contributed by atoms with Crippen LogP contribution < -0.4 is 0 Å². The summed E-state index contributed by atoms with van der Waals surface area (Å²) in [5, 5.41) is 9.11. The monoisotopic (exact) mass is 173 g/mol. The van der Waals surface area contributed by atoms with E-state index in [1.54, 1.807) is 12.1 Å². The number of hydrogen-bond donors (Lipinski definition) is 1. The van der Waals surface area contributed by atoms with Crippen molar-refractivity contribution >= 4 is 0 Å². The third-order valence-corrected chi connectivity index (χ3v) is 2.80. The summed E-state index contributed by atoms with van der Waals surface area (Å²) in [5.74, 6) is 0.267. The second kappa shape index (κ2) is 2.77. The quantitative estimate of drug-likeness (QED) is 0.649. The number of nitrogens with zero attached hydrogens (tertiary/aromatic N) is 1. The van der Waals surface area contributed by atoms with Gasteiger partial charge in [0.25, 0.3) is 5.54 Å². The van der Waals surface area contributed by atoms with Crippen LogP contribution in [-0.2, 0) is 5.54 Å². The second-order valence-corrected chi connectivity index (χ2v) is 3.54. The number of phenols is 1. The third kappa shape index (κ3) is 1.17. The van der Waals surface area contributed by atoms with Crippen LogP contribution in [0.4, 0.5) is 0 Å². The summed E-state index contributed by atoms with van der Waals surface area (Å²) < 4.78 is 0. The van der Waals surface area contributed by atoms with Crippen molar-refractivity contribution in [2.24, 2.45) is 0 Å². The van der Waals surface area contributed by atoms with Gasteiger partial charge in [-0.05, 0) is 30.7 Å². The maximum absolute atomic E-state index is 9.11. The van der Waals surface area contributed by atoms with Gasteiger partial charge in [-0.25, -0.2) is 6.57 Å². The topological polar surface area (TPSA) is 24.6 Å². The summed E-state index contributed by atoms with van der Waals surface area (Å²) >= 11 is 0. The molecule has 1 fully saturated rings. The first-order chi connectivity index (χ1) is 6.27. The third-order valence-electron chi connectivity index (χ3n) is 2.80. The lowest BCUT2D eigenvalue weighted by atomic mass is 9.72. The van der Waals surface area contributed by atoms with Crippen LogP contribution >= 0.6 is 0 Å². The zero-order valence-electron chi connectivity index (χ0n) is 7.33. The summed E-state index contributed by atoms with van der Waals surface area (Å²) in [5.41, 5.74) is 0.778. The highest BCUT2D eigenvalue weighted by atomic mass is 16.3. The molecule has 0 aromatic heterocycles. The van der Waals surface area contributed by atoms with Gasteiger partial charge in [-0.2, -0.15) is 0 Å². The normalized spacial score (nSPS) is 18.7. The van der Waals surface area contributed by atoms with E-state index in [0.29, 0.717) is 0 Å². The van der Waals surface area contributed by atoms with Crippen molar-refractivity contribution in [3.05, 3.63) is 41.2 Å². The van der Waals surface area contributed by atoms with Gasteiger partial charge < -0.3 is 9.95 Å². The van der Waals surface area contributed by atoms with Crippen molar-refractivity contribution in [2.75, 3.05) is 0 Å². The average molecular weight is 173 g/mol. The molecule has 0 amide bonds. The molecule has 1 saturated carbocycles. The first kappa shape index (κ1) is 8.12. The minimum absolute atomic E-state index is 0.267. The highest BCUT2D eigenvalue weighted by molar-refractivity contribution is 5.35. The fourth-order valence-corrected chi connectivity index (χ4v) is 1.75. The van der Waals surface area contributed by atoms with Crippen LogP contribution in [0.3, 0.4) is 0 Å². The van der Waals surface area contributed by atoms with Gasteiger partial charge in [0.05, 0.1) is 0 Å². The van der Waals surface area contributed by atoms with Gasteiger partial charge in [0.1, 0.15) is 5.75 Å². The Labute approximate surface area is 77.6 Å². The molecule has 0 unspecified atom stereocenters. The van der Waals surface area contributed by atoms with Crippen LogP contribution in [0.15, 0.2) is 24.3 Å². The van der Waals surface area contributed by atoms with Gasteiger partial charge in [-0.1, -0.05) is 0 Å². The van der Waals surface area contributed by atoms with E-state index in [-0.39, 0.29) is 11.3 Å². The predicted octanol–water partition coefficient (Wildman–Crippen LogP) is 2.69. The maximum atomic E-state index is 9.11. The molecule has 1 aromatic rings. The van der Waals surface area contributed by atoms with E-state index >= 15 is 0 Å². The molecule has 2 heteroatoms. The largest absolute Gasteiger partial charge is 0.508 e. The van der Waals surface area contributed by atoms with E-state index in [0.717, 1.165) is 24.8 Å². The summed E-state index contributed by atoms with van der Waals surface area (Å²) in [7, 11) is 0. The van der Waals surface area contributed by atoms with Crippen LogP contribution in [0.5, 0.6) is 5.75 Å². The van der Waals surface area contributed by atoms with Crippen LogP contribution in [0.1, 0.15) is 24.8 Å². The lowest BCUT2D eigenvalue weighted by molar-refractivity contribution is 0.310. The minimum Gasteiger partial charge on any atom is -0.508 e. The molecule has 1 aliphatic carbocycles. The van der Waals surface area contributed by atoms with E-state index in [4.69, 9.17) is 11.7 Å². The highest BCUT2D eigenvalue weighted by Crippen LogP contribution is 2.45. The van der Waals surface area contributed by atoms with Crippen molar-refractivity contribution in [3.63, 3.8) is 0 Å². The number of aromatic hydroxyl groups is 1. The number of phenolic OH excluding ortho intramolecular Hbond substituents is 1. The van der Waals surface area contributed by atoms with Gasteiger partial charge in [-0.3, -0.25) is 0 Å². The first-order valence-corrected chi connectivity index (χ1v) is 4.45. The molecule has 66 valence electrons. The summed E-state index contributed by atoms with van der Waals surface area (Å²) in [4.78, 5) is 3.69. The Balaban J connectivity index is 2.35. The molecular weight excluding hydrogens is 162 g/mol. The molecule has 0 bridgehead atoms. The van der Waals surface area contributed by atoms with E-state index in [1.165, 1.54) is 0 Å². The molecule has 2 rings (SSSR count). The van der Waals surface area contributed by atoms with Gasteiger partial charge in [-0.15, -0.1) is 0 Å². The van der Waals surface area contributed by atoms with Crippen LogP contribution in [-0.4, -0.2) is 5.11 Å². The number of rotatable bonds is 1. The fourth-order valence-electron chi connectivity index (χ4n) is 1.75. The Morgan fingerprint density at radius 1 is 1.23 bits per heavy atom. The molecule has 0 heterocycles. The molecule has 1 N–H and O–H groups in total. The predicted molar refractivity (Wildman–Crippen MR) is 50.2 cm³/mol. The summed E-state index contributed by atoms with van der Waals surface area (Å²) in [6, 6.07) is 7.01. The summed E-state index contributed by atoms with van der Waals surface area (Å²) in [6.07, 6.45) is 3.06. The lowest BCUT2D eigenvalue weighted by Gasteiger charge is -2.30. The van der Waals surface area contributed by atoms with Gasteiger partial charge in [0, 0.05) is 18.4 Å². The molecule has 1 aromatic carbocycles. The van der Waals surface area contributed by atoms with Gasteiger partial charge in [0.2, 0.25) is 0 Å². The molecule has 2 nitrogen and oxygen atoms in total. The molecule has 1 aliphatic rings. The van der Waals surface area contributed by atoms with Crippen molar-refractivity contribution in [1.82, 2.24) is 0 Å². The highest BCUT2D eigenvalue weighted by Gasteiger charge is 2.45. The number of benzene rings is 1. The van der Waals surface area contributed by atoms with Crippen molar-refractivity contribution in [1.29, 1.82) is 0 Å². The Morgan fingerprint density at radius 3 is 2.23 bits per heavy atom. The first-order valence-electron chi connectivity index (χ1n) is 4.45. The van der Waals surface area contributed by atoms with Crippen molar-refractivity contribution in [2.45, 2.75) is 24.8 Å². The van der Waals surface area contributed by atoms with E-state index in [2.05, 4.69) is 4.85 Å². The maximum Gasteiger partial charge on any atom is 0.257 e. The van der Waals surface area contributed by atoms with Crippen molar-refractivity contribution < 1.29 is 5.11 Å². The van der Waals surface area contributed by atoms with E-state index in [9.17, 15) is 0 Å². The molecule has 0 saturated heterocycles. The van der Waals surface area contributed by atoms with E-state index < -0.39 is 0 Å². The van der Waals surface area contributed by atoms with Crippen molar-refractivity contribution in [3.8, 4) is 5.75 Å². The van der Waals surface area contributed by atoms with Crippen LogP contribution in [0.25, 0.3) is 4.85 Å². The van der Waals surface area contributed by atoms with E-state index in [1.807, 2.05) is 12.1 Å². The molecular formula is C11H11NO. The Bertz CT molecular complexity index is 343. The van der Waals surface area contributed by atoms with Crippen LogP contribution in [0, 0.1) is 6.57 Å². The standard InChI is InChI=1S/C11H11NO/c1-12-11(7-2-8-11)9-3-5-10(13)6-4-9/h3-6,13H,2,7-8H2. The smallest absolute Gasteiger partial charge is 0.257 e. The molecule has 0 spiro atoms. The van der Waals surface area contributed by atoms with Crippen LogP contribution in [0.2, 0.25) is 0 Å². The Hall–Kier alpha value is -1.49. The summed E-state index contributed by atoms with van der Waals surface area (Å²) in [6.45, 7) is 7.16. The minimum atomic E-state index is -0.270. The second-order valence-electron chi connectivity index (χ2n) is 3.54. The van der Waals surface area contributed by atoms with Gasteiger partial charge in [0.15, 0.2) is 0 Å². The molecule has 13 heavy (non-hydrogen) atoms. The van der Waals surface area contributed by atoms with Gasteiger partial charge >= 0.3 is 0 Å². The molecule has 0 radical (unpaired) electrons. The fraction of sp³-hybridized carbons (Fsp3) is 0.364. The lowest BCUT2D eigenvalue weighted by Crippen LogP contribution is -2.29. The molecule has 0 aliphatic heterocycles. The Morgan fingerprint density at radius 2 is 1.85 bits per heavy atom. The Kier molecular flexibility index (Phi) is 1.73. The molecule has 0 atom stereocenters. The SMILES string of the molecule is [C-]#[N+]C1(c2ccc(O)cc2)CCC1. The average Bonchev–Trinajstić information content (AvgIpc) is 2.07. The zero-order chi connectivity index (χ0) is 9.31. The number of hydrogen-bond acceptors (Lipinski definition) is 1.